The molecule has 0 aromatic rings. The molecule has 4 aliphatic carbocycles. The van der Waals surface area contributed by atoms with Gasteiger partial charge < -0.3 is 10.6 Å². The van der Waals surface area contributed by atoms with E-state index in [0.29, 0.717) is 11.8 Å². The van der Waals surface area contributed by atoms with E-state index in [1.807, 2.05) is 11.0 Å². The van der Waals surface area contributed by atoms with E-state index < -0.39 is 0 Å². The lowest BCUT2D eigenvalue weighted by Gasteiger charge is -2.57. The van der Waals surface area contributed by atoms with Gasteiger partial charge in [-0.2, -0.15) is 0 Å². The van der Waals surface area contributed by atoms with Crippen molar-refractivity contribution in [3.8, 4) is 0 Å². The minimum Gasteiger partial charge on any atom is -0.370 e. The molecular formula is C21H32N2O2. The number of likely N-dealkylation sites (tertiary alicyclic amines) is 1. The number of allylic oxidation sites excluding steroid dienone is 1. The maximum atomic E-state index is 13.0. The third-order valence-electron chi connectivity index (χ3n) is 7.56. The lowest BCUT2D eigenvalue weighted by Crippen LogP contribution is -2.47. The second-order valence-corrected chi connectivity index (χ2v) is 9.38. The van der Waals surface area contributed by atoms with E-state index in [-0.39, 0.29) is 17.9 Å². The molecule has 4 nitrogen and oxygen atoms in total. The van der Waals surface area contributed by atoms with Gasteiger partial charge >= 0.3 is 0 Å². The zero-order valence-electron chi connectivity index (χ0n) is 15.5. The summed E-state index contributed by atoms with van der Waals surface area (Å²) in [6.45, 7) is 2.96. The number of carbonyl (C=O) groups is 2. The van der Waals surface area contributed by atoms with Crippen LogP contribution in [0.5, 0.6) is 0 Å². The third-order valence-corrected chi connectivity index (χ3v) is 7.56. The lowest BCUT2D eigenvalue weighted by atomic mass is 9.48. The first kappa shape index (κ1) is 17.1. The molecule has 2 amide bonds. The minimum absolute atomic E-state index is 0.000775. The van der Waals surface area contributed by atoms with Crippen molar-refractivity contribution in [3.05, 3.63) is 11.6 Å². The average molecular weight is 344 g/mol. The molecule has 4 saturated carbocycles. The SMILES string of the molecule is C/C(=C\C(=O)N1CCCC[C@H]1CC(N)=O)C12CC3CC(CC(C3)C1)C2. The maximum Gasteiger partial charge on any atom is 0.246 e. The van der Waals surface area contributed by atoms with Crippen LogP contribution in [-0.4, -0.2) is 29.3 Å². The van der Waals surface area contributed by atoms with Crippen LogP contribution in [-0.2, 0) is 9.59 Å². The molecule has 0 aromatic carbocycles. The Hall–Kier alpha value is -1.32. The number of rotatable bonds is 4. The van der Waals surface area contributed by atoms with Crippen LogP contribution >= 0.6 is 0 Å². The second-order valence-electron chi connectivity index (χ2n) is 9.38. The summed E-state index contributed by atoms with van der Waals surface area (Å²) in [5.74, 6) is 2.48. The van der Waals surface area contributed by atoms with Crippen molar-refractivity contribution in [1.29, 1.82) is 0 Å². The van der Waals surface area contributed by atoms with Crippen molar-refractivity contribution in [3.63, 3.8) is 0 Å². The van der Waals surface area contributed by atoms with E-state index in [1.54, 1.807) is 0 Å². The number of hydrogen-bond donors (Lipinski definition) is 1. The van der Waals surface area contributed by atoms with E-state index in [1.165, 1.54) is 44.1 Å². The van der Waals surface area contributed by atoms with Gasteiger partial charge in [-0.1, -0.05) is 5.57 Å². The van der Waals surface area contributed by atoms with Gasteiger partial charge in [-0.25, -0.2) is 0 Å². The van der Waals surface area contributed by atoms with Crippen LogP contribution in [0.15, 0.2) is 11.6 Å². The highest BCUT2D eigenvalue weighted by atomic mass is 16.2. The predicted molar refractivity (Wildman–Crippen MR) is 97.5 cm³/mol. The van der Waals surface area contributed by atoms with Gasteiger partial charge in [0.15, 0.2) is 0 Å². The van der Waals surface area contributed by atoms with Gasteiger partial charge in [0.05, 0.1) is 0 Å². The van der Waals surface area contributed by atoms with Crippen LogP contribution in [0.2, 0.25) is 0 Å². The zero-order valence-corrected chi connectivity index (χ0v) is 15.5. The van der Waals surface area contributed by atoms with Crippen molar-refractivity contribution in [2.24, 2.45) is 28.9 Å². The van der Waals surface area contributed by atoms with Gasteiger partial charge in [0.1, 0.15) is 0 Å². The van der Waals surface area contributed by atoms with E-state index in [0.717, 1.165) is 43.6 Å². The molecule has 138 valence electrons. The largest absolute Gasteiger partial charge is 0.370 e. The minimum atomic E-state index is -0.300. The molecule has 1 saturated heterocycles. The van der Waals surface area contributed by atoms with Gasteiger partial charge in [-0.3, -0.25) is 9.59 Å². The Balaban J connectivity index is 1.51. The molecular weight excluding hydrogens is 312 g/mol. The highest BCUT2D eigenvalue weighted by Gasteiger charge is 2.51. The maximum absolute atomic E-state index is 13.0. The van der Waals surface area contributed by atoms with Crippen LogP contribution in [0.1, 0.15) is 71.1 Å². The standard InChI is InChI=1S/C21H32N2O2/c1-14(21-11-15-7-16(12-21)9-17(8-15)13-21)6-20(25)23-5-3-2-4-18(23)10-19(22)24/h6,15-18H,2-5,7-13H2,1H3,(H2,22,24)/b14-6+/t15?,16?,17?,18-,21?/m0/s1. The Morgan fingerprint density at radius 1 is 1.08 bits per heavy atom. The predicted octanol–water partition coefficient (Wildman–Crippen LogP) is 3.41. The molecule has 1 atom stereocenters. The molecule has 2 N–H and O–H groups in total. The summed E-state index contributed by atoms with van der Waals surface area (Å²) in [5.41, 5.74) is 6.99. The molecule has 1 heterocycles. The molecule has 25 heavy (non-hydrogen) atoms. The number of carbonyl (C=O) groups excluding carboxylic acids is 2. The fraction of sp³-hybridized carbons (Fsp3) is 0.810. The van der Waals surface area contributed by atoms with Gasteiger partial charge in [0, 0.05) is 25.1 Å². The summed E-state index contributed by atoms with van der Waals surface area (Å²) in [7, 11) is 0. The van der Waals surface area contributed by atoms with Crippen LogP contribution in [0.4, 0.5) is 0 Å². The smallest absolute Gasteiger partial charge is 0.246 e. The quantitative estimate of drug-likeness (QED) is 0.794. The van der Waals surface area contributed by atoms with Crippen molar-refractivity contribution in [1.82, 2.24) is 4.90 Å². The second kappa shape index (κ2) is 6.44. The number of hydrogen-bond acceptors (Lipinski definition) is 2. The van der Waals surface area contributed by atoms with Gasteiger partial charge in [0.2, 0.25) is 11.8 Å². The molecule has 0 unspecified atom stereocenters. The van der Waals surface area contributed by atoms with Crippen molar-refractivity contribution >= 4 is 11.8 Å². The Morgan fingerprint density at radius 3 is 2.24 bits per heavy atom. The molecule has 4 heteroatoms. The zero-order chi connectivity index (χ0) is 17.6. The summed E-state index contributed by atoms with van der Waals surface area (Å²) < 4.78 is 0. The average Bonchev–Trinajstić information content (AvgIpc) is 2.53. The molecule has 0 radical (unpaired) electrons. The summed E-state index contributed by atoms with van der Waals surface area (Å²) in [6.07, 6.45) is 13.4. The van der Waals surface area contributed by atoms with Crippen molar-refractivity contribution in [2.75, 3.05) is 6.54 Å². The number of nitrogens with zero attached hydrogens (tertiary/aromatic N) is 1. The summed E-state index contributed by atoms with van der Waals surface area (Å²) in [6, 6.07) is -0.000775. The number of piperidine rings is 1. The summed E-state index contributed by atoms with van der Waals surface area (Å²) >= 11 is 0. The van der Waals surface area contributed by atoms with Gasteiger partial charge in [0.25, 0.3) is 0 Å². The Morgan fingerprint density at radius 2 is 1.68 bits per heavy atom. The third kappa shape index (κ3) is 3.24. The molecule has 5 fully saturated rings. The molecule has 0 spiro atoms. The first-order valence-electron chi connectivity index (χ1n) is 10.2. The monoisotopic (exact) mass is 344 g/mol. The number of nitrogens with two attached hydrogens (primary N) is 1. The van der Waals surface area contributed by atoms with E-state index in [4.69, 9.17) is 5.73 Å². The van der Waals surface area contributed by atoms with Crippen LogP contribution < -0.4 is 5.73 Å². The van der Waals surface area contributed by atoms with Crippen molar-refractivity contribution in [2.45, 2.75) is 77.2 Å². The van der Waals surface area contributed by atoms with E-state index in [2.05, 4.69) is 6.92 Å². The van der Waals surface area contributed by atoms with Gasteiger partial charge in [-0.15, -0.1) is 0 Å². The molecule has 5 rings (SSSR count). The number of primary amides is 1. The van der Waals surface area contributed by atoms with Crippen LogP contribution in [0.3, 0.4) is 0 Å². The van der Waals surface area contributed by atoms with Crippen molar-refractivity contribution < 1.29 is 9.59 Å². The van der Waals surface area contributed by atoms with E-state index in [9.17, 15) is 9.59 Å². The molecule has 1 aliphatic heterocycles. The summed E-state index contributed by atoms with van der Waals surface area (Å²) in [5, 5.41) is 0. The van der Waals surface area contributed by atoms with E-state index >= 15 is 0 Å². The van der Waals surface area contributed by atoms with Crippen LogP contribution in [0.25, 0.3) is 0 Å². The fourth-order valence-corrected chi connectivity index (χ4v) is 6.75. The Labute approximate surface area is 151 Å². The molecule has 5 aliphatic rings. The highest BCUT2D eigenvalue weighted by molar-refractivity contribution is 5.89. The first-order chi connectivity index (χ1) is 11.9. The fourth-order valence-electron chi connectivity index (χ4n) is 6.75. The lowest BCUT2D eigenvalue weighted by molar-refractivity contribution is -0.131. The van der Waals surface area contributed by atoms with Crippen LogP contribution in [0, 0.1) is 23.2 Å². The van der Waals surface area contributed by atoms with Gasteiger partial charge in [-0.05, 0) is 87.9 Å². The first-order valence-corrected chi connectivity index (χ1v) is 10.2. The molecule has 4 bridgehead atoms. The normalized spacial score (nSPS) is 40.4. The topological polar surface area (TPSA) is 63.4 Å². The Bertz CT molecular complexity index is 559. The molecule has 0 aromatic heterocycles. The summed E-state index contributed by atoms with van der Waals surface area (Å²) in [4.78, 5) is 26.3. The highest BCUT2D eigenvalue weighted by Crippen LogP contribution is 2.62. The Kier molecular flexibility index (Phi) is 4.41. The number of amides is 2.